The Balaban J connectivity index is 1.55. The number of ether oxygens (including phenoxy) is 2. The van der Waals surface area contributed by atoms with Crippen LogP contribution in [0.15, 0.2) is 0 Å². The zero-order chi connectivity index (χ0) is 14.3. The van der Waals surface area contributed by atoms with Crippen molar-refractivity contribution in [3.63, 3.8) is 0 Å². The van der Waals surface area contributed by atoms with Gasteiger partial charge >= 0.3 is 0 Å². The second-order valence-corrected chi connectivity index (χ2v) is 7.32. The molecule has 121 valence electrons. The minimum absolute atomic E-state index is 0.491. The van der Waals surface area contributed by atoms with Crippen molar-refractivity contribution in [3.05, 3.63) is 5.92 Å². The van der Waals surface area contributed by atoms with Crippen molar-refractivity contribution in [2.75, 3.05) is 13.2 Å². The van der Waals surface area contributed by atoms with E-state index in [1.165, 1.54) is 83.5 Å². The predicted octanol–water partition coefficient (Wildman–Crippen LogP) is 5.06. The Labute approximate surface area is 131 Å². The van der Waals surface area contributed by atoms with Crippen LogP contribution in [0, 0.1) is 11.8 Å². The maximum atomic E-state index is 6.09. The maximum absolute atomic E-state index is 6.09. The molecule has 1 saturated carbocycles. The quantitative estimate of drug-likeness (QED) is 0.708. The third kappa shape index (κ3) is 4.69. The lowest BCUT2D eigenvalue weighted by Gasteiger charge is -2.33. The van der Waals surface area contributed by atoms with Crippen LogP contribution in [-0.4, -0.2) is 25.4 Å². The van der Waals surface area contributed by atoms with Crippen LogP contribution in [-0.2, 0) is 9.47 Å². The van der Waals surface area contributed by atoms with Gasteiger partial charge in [0.1, 0.15) is 0 Å². The summed E-state index contributed by atoms with van der Waals surface area (Å²) in [6.07, 6.45) is 18.5. The molecule has 3 aliphatic rings. The van der Waals surface area contributed by atoms with Gasteiger partial charge in [0.25, 0.3) is 0 Å². The Morgan fingerprint density at radius 3 is 2.19 bits per heavy atom. The molecule has 1 radical (unpaired) electrons. The first-order valence-electron chi connectivity index (χ1n) is 9.51. The van der Waals surface area contributed by atoms with E-state index in [2.05, 4.69) is 0 Å². The van der Waals surface area contributed by atoms with E-state index in [0.29, 0.717) is 12.2 Å². The average Bonchev–Trinajstić information content (AvgIpc) is 2.68. The zero-order valence-corrected chi connectivity index (χ0v) is 13.7. The fourth-order valence-electron chi connectivity index (χ4n) is 4.47. The van der Waals surface area contributed by atoms with Crippen molar-refractivity contribution in [1.82, 2.24) is 0 Å². The molecule has 3 atom stereocenters. The van der Waals surface area contributed by atoms with Gasteiger partial charge in [-0.1, -0.05) is 19.3 Å². The highest BCUT2D eigenvalue weighted by Crippen LogP contribution is 2.36. The Morgan fingerprint density at radius 1 is 0.619 bits per heavy atom. The largest absolute Gasteiger partial charge is 0.378 e. The molecule has 21 heavy (non-hydrogen) atoms. The van der Waals surface area contributed by atoms with Crippen molar-refractivity contribution in [1.29, 1.82) is 0 Å². The molecule has 0 spiro atoms. The van der Waals surface area contributed by atoms with Crippen LogP contribution in [0.1, 0.15) is 83.5 Å². The highest BCUT2D eigenvalue weighted by atomic mass is 16.5. The smallest absolute Gasteiger partial charge is 0.0637 e. The molecule has 0 N–H and O–H groups in total. The monoisotopic (exact) mass is 293 g/mol. The van der Waals surface area contributed by atoms with E-state index in [9.17, 15) is 0 Å². The second kappa shape index (κ2) is 8.53. The van der Waals surface area contributed by atoms with Gasteiger partial charge < -0.3 is 9.47 Å². The van der Waals surface area contributed by atoms with Gasteiger partial charge in [-0.15, -0.1) is 0 Å². The zero-order valence-electron chi connectivity index (χ0n) is 13.7. The first kappa shape index (κ1) is 15.8. The van der Waals surface area contributed by atoms with Crippen molar-refractivity contribution in [3.8, 4) is 0 Å². The average molecular weight is 293 g/mol. The summed E-state index contributed by atoms with van der Waals surface area (Å²) in [4.78, 5) is 0. The summed E-state index contributed by atoms with van der Waals surface area (Å²) in [5, 5.41) is 0. The van der Waals surface area contributed by atoms with E-state index in [1.807, 2.05) is 0 Å². The Hall–Kier alpha value is -0.0800. The van der Waals surface area contributed by atoms with Gasteiger partial charge in [-0.25, -0.2) is 0 Å². The van der Waals surface area contributed by atoms with Gasteiger partial charge in [-0.05, 0) is 70.1 Å². The van der Waals surface area contributed by atoms with Crippen LogP contribution in [0.3, 0.4) is 0 Å². The molecule has 0 amide bonds. The van der Waals surface area contributed by atoms with E-state index in [4.69, 9.17) is 9.47 Å². The lowest BCUT2D eigenvalue weighted by Crippen LogP contribution is -2.30. The van der Waals surface area contributed by atoms with Gasteiger partial charge in [0.15, 0.2) is 0 Å². The van der Waals surface area contributed by atoms with Crippen LogP contribution in [0.5, 0.6) is 0 Å². The van der Waals surface area contributed by atoms with Gasteiger partial charge in [-0.2, -0.15) is 0 Å². The fourth-order valence-corrected chi connectivity index (χ4v) is 4.47. The maximum Gasteiger partial charge on any atom is 0.0637 e. The third-order valence-electron chi connectivity index (χ3n) is 5.78. The summed E-state index contributed by atoms with van der Waals surface area (Å²) in [6, 6.07) is 0. The van der Waals surface area contributed by atoms with E-state index < -0.39 is 0 Å². The SMILES string of the molecule is C1CC[C](C2CCCCO2)CCC(C2CCCCO2)CC1. The first-order valence-corrected chi connectivity index (χ1v) is 9.51. The summed E-state index contributed by atoms with van der Waals surface area (Å²) in [5.74, 6) is 2.54. The molecule has 2 aliphatic heterocycles. The van der Waals surface area contributed by atoms with Gasteiger partial charge in [0.05, 0.1) is 12.2 Å². The molecule has 0 aromatic carbocycles. The Kier molecular flexibility index (Phi) is 6.42. The molecule has 0 bridgehead atoms. The summed E-state index contributed by atoms with van der Waals surface area (Å²) >= 11 is 0. The minimum atomic E-state index is 0.491. The summed E-state index contributed by atoms with van der Waals surface area (Å²) in [6.45, 7) is 1.99. The van der Waals surface area contributed by atoms with E-state index in [-0.39, 0.29) is 0 Å². The third-order valence-corrected chi connectivity index (χ3v) is 5.78. The first-order chi connectivity index (χ1) is 10.4. The van der Waals surface area contributed by atoms with Crippen molar-refractivity contribution >= 4 is 0 Å². The van der Waals surface area contributed by atoms with Crippen LogP contribution in [0.4, 0.5) is 0 Å². The number of rotatable bonds is 2. The van der Waals surface area contributed by atoms with Crippen molar-refractivity contribution in [2.45, 2.75) is 95.7 Å². The van der Waals surface area contributed by atoms with E-state index in [1.54, 1.807) is 5.92 Å². The summed E-state index contributed by atoms with van der Waals surface area (Å²) in [5.41, 5.74) is 0. The summed E-state index contributed by atoms with van der Waals surface area (Å²) < 4.78 is 12.2. The number of hydrogen-bond donors (Lipinski definition) is 0. The summed E-state index contributed by atoms with van der Waals surface area (Å²) in [7, 11) is 0. The molecular formula is C19H33O2. The molecule has 3 rings (SSSR count). The van der Waals surface area contributed by atoms with Crippen LogP contribution >= 0.6 is 0 Å². The fraction of sp³-hybridized carbons (Fsp3) is 0.947. The van der Waals surface area contributed by atoms with Crippen molar-refractivity contribution in [2.24, 2.45) is 5.92 Å². The highest BCUT2D eigenvalue weighted by Gasteiger charge is 2.29. The molecule has 1 aliphatic carbocycles. The molecular weight excluding hydrogens is 260 g/mol. The van der Waals surface area contributed by atoms with E-state index >= 15 is 0 Å². The molecule has 3 unspecified atom stereocenters. The lowest BCUT2D eigenvalue weighted by atomic mass is 9.83. The standard InChI is InChI=1S/C19H33O2/c1-2-8-16(18-10-4-6-14-20-18)12-13-17(9-3-1)19-11-5-7-15-21-19/h16,18-19H,1-15H2. The van der Waals surface area contributed by atoms with Crippen molar-refractivity contribution < 1.29 is 9.47 Å². The molecule has 0 aromatic rings. The Morgan fingerprint density at radius 2 is 1.43 bits per heavy atom. The van der Waals surface area contributed by atoms with E-state index in [0.717, 1.165) is 19.1 Å². The number of hydrogen-bond acceptors (Lipinski definition) is 2. The van der Waals surface area contributed by atoms with Crippen LogP contribution in [0.25, 0.3) is 0 Å². The van der Waals surface area contributed by atoms with Crippen LogP contribution < -0.4 is 0 Å². The van der Waals surface area contributed by atoms with Gasteiger partial charge in [0, 0.05) is 19.1 Å². The molecule has 2 nitrogen and oxygen atoms in total. The topological polar surface area (TPSA) is 18.5 Å². The Bertz CT molecular complexity index is 251. The van der Waals surface area contributed by atoms with Gasteiger partial charge in [0.2, 0.25) is 0 Å². The minimum Gasteiger partial charge on any atom is -0.378 e. The van der Waals surface area contributed by atoms with Gasteiger partial charge in [-0.3, -0.25) is 0 Å². The molecule has 2 saturated heterocycles. The normalized spacial score (nSPS) is 37.4. The molecule has 2 heteroatoms. The predicted molar refractivity (Wildman–Crippen MR) is 86.2 cm³/mol. The highest BCUT2D eigenvalue weighted by molar-refractivity contribution is 5.00. The molecule has 2 heterocycles. The molecule has 3 fully saturated rings. The molecule has 0 aromatic heterocycles. The lowest BCUT2D eigenvalue weighted by molar-refractivity contribution is -0.0275. The van der Waals surface area contributed by atoms with Crippen LogP contribution in [0.2, 0.25) is 0 Å². The second-order valence-electron chi connectivity index (χ2n) is 7.32.